The fourth-order valence-electron chi connectivity index (χ4n) is 2.48. The SMILES string of the molecule is CCc1nc(NC(=O)N(C)Cc2cnn(-c3ccccc3)c2)nn1C. The van der Waals surface area contributed by atoms with Crippen LogP contribution < -0.4 is 5.32 Å². The van der Waals surface area contributed by atoms with Crippen LogP contribution >= 0.6 is 0 Å². The first kappa shape index (κ1) is 16.7. The van der Waals surface area contributed by atoms with Gasteiger partial charge in [0, 0.05) is 32.3 Å². The number of carbonyl (C=O) groups is 1. The Hall–Kier alpha value is -3.16. The second-order valence-electron chi connectivity index (χ2n) is 5.74. The van der Waals surface area contributed by atoms with Crippen LogP contribution in [0.25, 0.3) is 5.69 Å². The molecule has 3 rings (SSSR count). The van der Waals surface area contributed by atoms with Crippen molar-refractivity contribution in [3.63, 3.8) is 0 Å². The summed E-state index contributed by atoms with van der Waals surface area (Å²) in [5.41, 5.74) is 1.91. The third-order valence-electron chi connectivity index (χ3n) is 3.81. The number of aryl methyl sites for hydroxylation is 2. The molecule has 0 fully saturated rings. The summed E-state index contributed by atoms with van der Waals surface area (Å²) < 4.78 is 3.45. The molecule has 0 radical (unpaired) electrons. The van der Waals surface area contributed by atoms with Crippen molar-refractivity contribution < 1.29 is 4.79 Å². The molecule has 2 amide bonds. The highest BCUT2D eigenvalue weighted by atomic mass is 16.2. The predicted octanol–water partition coefficient (Wildman–Crippen LogP) is 2.23. The molecule has 0 aliphatic carbocycles. The largest absolute Gasteiger partial charge is 0.324 e. The van der Waals surface area contributed by atoms with Crippen molar-refractivity contribution in [1.29, 1.82) is 0 Å². The van der Waals surface area contributed by atoms with Crippen LogP contribution in [-0.4, -0.2) is 42.5 Å². The van der Waals surface area contributed by atoms with E-state index in [0.29, 0.717) is 12.5 Å². The molecular weight excluding hydrogens is 318 g/mol. The van der Waals surface area contributed by atoms with E-state index in [1.54, 1.807) is 27.5 Å². The van der Waals surface area contributed by atoms with E-state index < -0.39 is 0 Å². The zero-order chi connectivity index (χ0) is 17.8. The molecule has 0 unspecified atom stereocenters. The predicted molar refractivity (Wildman–Crippen MR) is 94.4 cm³/mol. The summed E-state index contributed by atoms with van der Waals surface area (Å²) in [5.74, 6) is 1.14. The third-order valence-corrected chi connectivity index (χ3v) is 3.81. The quantitative estimate of drug-likeness (QED) is 0.773. The number of hydrogen-bond acceptors (Lipinski definition) is 4. The summed E-state index contributed by atoms with van der Waals surface area (Å²) in [7, 11) is 3.53. The lowest BCUT2D eigenvalue weighted by Gasteiger charge is -2.15. The Morgan fingerprint density at radius 1 is 1.28 bits per heavy atom. The molecular formula is C17H21N7O. The van der Waals surface area contributed by atoms with Crippen LogP contribution in [0, 0.1) is 0 Å². The number of rotatable bonds is 5. The molecule has 8 heteroatoms. The van der Waals surface area contributed by atoms with Crippen LogP contribution in [0.2, 0.25) is 0 Å². The van der Waals surface area contributed by atoms with Gasteiger partial charge in [-0.15, -0.1) is 5.10 Å². The Balaban J connectivity index is 1.62. The van der Waals surface area contributed by atoms with Crippen molar-refractivity contribution in [1.82, 2.24) is 29.4 Å². The van der Waals surface area contributed by atoms with E-state index >= 15 is 0 Å². The molecule has 3 aromatic rings. The topological polar surface area (TPSA) is 80.9 Å². The minimum absolute atomic E-state index is 0.263. The second kappa shape index (κ2) is 7.16. The normalized spacial score (nSPS) is 10.7. The fraction of sp³-hybridized carbons (Fsp3) is 0.294. The van der Waals surface area contributed by atoms with Gasteiger partial charge in [-0.25, -0.2) is 9.48 Å². The van der Waals surface area contributed by atoms with Gasteiger partial charge < -0.3 is 4.90 Å². The molecule has 0 aliphatic heterocycles. The molecule has 8 nitrogen and oxygen atoms in total. The number of carbonyl (C=O) groups excluding carboxylic acids is 1. The number of urea groups is 1. The van der Waals surface area contributed by atoms with Gasteiger partial charge in [-0.1, -0.05) is 25.1 Å². The summed E-state index contributed by atoms with van der Waals surface area (Å²) in [5, 5.41) is 11.2. The molecule has 0 atom stereocenters. The molecule has 0 spiro atoms. The number of para-hydroxylation sites is 1. The van der Waals surface area contributed by atoms with Crippen LogP contribution in [0.1, 0.15) is 18.3 Å². The number of aromatic nitrogens is 5. The van der Waals surface area contributed by atoms with E-state index in [-0.39, 0.29) is 6.03 Å². The van der Waals surface area contributed by atoms with E-state index in [1.165, 1.54) is 0 Å². The lowest BCUT2D eigenvalue weighted by Crippen LogP contribution is -2.31. The smallest absolute Gasteiger partial charge is 0.323 e. The molecule has 2 heterocycles. The molecule has 0 bridgehead atoms. The van der Waals surface area contributed by atoms with E-state index in [1.807, 2.05) is 50.5 Å². The van der Waals surface area contributed by atoms with Gasteiger partial charge in [0.05, 0.1) is 18.4 Å². The summed E-state index contributed by atoms with van der Waals surface area (Å²) in [6.07, 6.45) is 4.42. The van der Waals surface area contributed by atoms with E-state index in [9.17, 15) is 4.79 Å². The Labute approximate surface area is 146 Å². The number of amides is 2. The molecule has 130 valence electrons. The van der Waals surface area contributed by atoms with Gasteiger partial charge >= 0.3 is 6.03 Å². The molecule has 0 aliphatic rings. The number of anilines is 1. The fourth-order valence-corrected chi connectivity index (χ4v) is 2.48. The lowest BCUT2D eigenvalue weighted by atomic mass is 10.3. The second-order valence-corrected chi connectivity index (χ2v) is 5.74. The number of nitrogens with zero attached hydrogens (tertiary/aromatic N) is 6. The Morgan fingerprint density at radius 3 is 2.72 bits per heavy atom. The average Bonchev–Trinajstić information content (AvgIpc) is 3.22. The highest BCUT2D eigenvalue weighted by molar-refractivity contribution is 5.87. The minimum Gasteiger partial charge on any atom is -0.323 e. The summed E-state index contributed by atoms with van der Waals surface area (Å²) >= 11 is 0. The molecule has 25 heavy (non-hydrogen) atoms. The first-order valence-corrected chi connectivity index (χ1v) is 8.08. The zero-order valence-electron chi connectivity index (χ0n) is 14.5. The van der Waals surface area contributed by atoms with Crippen LogP contribution in [0.15, 0.2) is 42.7 Å². The highest BCUT2D eigenvalue weighted by Gasteiger charge is 2.14. The van der Waals surface area contributed by atoms with Gasteiger partial charge in [0.2, 0.25) is 5.95 Å². The van der Waals surface area contributed by atoms with Gasteiger partial charge in [-0.3, -0.25) is 10.00 Å². The number of nitrogens with one attached hydrogen (secondary N) is 1. The maximum absolute atomic E-state index is 12.3. The van der Waals surface area contributed by atoms with Crippen LogP contribution in [-0.2, 0) is 20.0 Å². The van der Waals surface area contributed by atoms with Gasteiger partial charge in [0.15, 0.2) is 0 Å². The van der Waals surface area contributed by atoms with Crippen molar-refractivity contribution in [2.24, 2.45) is 7.05 Å². The summed E-state index contributed by atoms with van der Waals surface area (Å²) in [6.45, 7) is 2.43. The third kappa shape index (κ3) is 3.85. The lowest BCUT2D eigenvalue weighted by molar-refractivity contribution is 0.220. The Morgan fingerprint density at radius 2 is 2.04 bits per heavy atom. The van der Waals surface area contributed by atoms with E-state index in [2.05, 4.69) is 20.5 Å². The molecule has 1 N–H and O–H groups in total. The van der Waals surface area contributed by atoms with Gasteiger partial charge in [-0.2, -0.15) is 10.1 Å². The van der Waals surface area contributed by atoms with Crippen molar-refractivity contribution in [3.8, 4) is 5.69 Å². The van der Waals surface area contributed by atoms with Crippen LogP contribution in [0.4, 0.5) is 10.7 Å². The molecule has 0 saturated carbocycles. The van der Waals surface area contributed by atoms with Gasteiger partial charge in [0.1, 0.15) is 5.82 Å². The van der Waals surface area contributed by atoms with E-state index in [0.717, 1.165) is 23.5 Å². The summed E-state index contributed by atoms with van der Waals surface area (Å²) in [6, 6.07) is 9.57. The van der Waals surface area contributed by atoms with Crippen LogP contribution in [0.5, 0.6) is 0 Å². The average molecular weight is 339 g/mol. The molecule has 0 saturated heterocycles. The Bertz CT molecular complexity index is 853. The minimum atomic E-state index is -0.263. The number of benzene rings is 1. The van der Waals surface area contributed by atoms with Crippen molar-refractivity contribution in [2.75, 3.05) is 12.4 Å². The summed E-state index contributed by atoms with van der Waals surface area (Å²) in [4.78, 5) is 18.1. The van der Waals surface area contributed by atoms with Gasteiger partial charge in [-0.05, 0) is 12.1 Å². The first-order valence-electron chi connectivity index (χ1n) is 8.08. The maximum Gasteiger partial charge on any atom is 0.324 e. The number of hydrogen-bond donors (Lipinski definition) is 1. The monoisotopic (exact) mass is 339 g/mol. The van der Waals surface area contributed by atoms with Gasteiger partial charge in [0.25, 0.3) is 0 Å². The maximum atomic E-state index is 12.3. The van der Waals surface area contributed by atoms with Crippen molar-refractivity contribution >= 4 is 12.0 Å². The first-order chi connectivity index (χ1) is 12.1. The highest BCUT2D eigenvalue weighted by Crippen LogP contribution is 2.10. The zero-order valence-corrected chi connectivity index (χ0v) is 14.5. The standard InChI is InChI=1S/C17H21N7O/c1-4-15-19-16(21-23(15)3)20-17(25)22(2)11-13-10-18-24(12-13)14-8-6-5-7-9-14/h5-10,12H,4,11H2,1-3H3,(H,20,21,25). The molecule has 2 aromatic heterocycles. The van der Waals surface area contributed by atoms with Crippen LogP contribution in [0.3, 0.4) is 0 Å². The van der Waals surface area contributed by atoms with E-state index in [4.69, 9.17) is 0 Å². The van der Waals surface area contributed by atoms with Crippen molar-refractivity contribution in [3.05, 3.63) is 54.1 Å². The van der Waals surface area contributed by atoms with Crippen molar-refractivity contribution in [2.45, 2.75) is 19.9 Å². The Kier molecular flexibility index (Phi) is 4.78. The molecule has 1 aromatic carbocycles.